The first-order chi connectivity index (χ1) is 18.8. The fourth-order valence-electron chi connectivity index (χ4n) is 4.72. The van der Waals surface area contributed by atoms with Crippen LogP contribution in [-0.4, -0.2) is 28.2 Å². The van der Waals surface area contributed by atoms with Crippen molar-refractivity contribution in [3.8, 4) is 5.75 Å². The van der Waals surface area contributed by atoms with Crippen LogP contribution in [0.2, 0.25) is 0 Å². The molecule has 2 amide bonds. The largest absolute Gasteiger partial charge is 0.484 e. The van der Waals surface area contributed by atoms with E-state index < -0.39 is 0 Å². The van der Waals surface area contributed by atoms with Gasteiger partial charge in [0, 0.05) is 18.2 Å². The summed E-state index contributed by atoms with van der Waals surface area (Å²) in [5.41, 5.74) is 4.79. The van der Waals surface area contributed by atoms with Crippen LogP contribution < -0.4 is 10.1 Å². The Kier molecular flexibility index (Phi) is 7.45. The number of aromatic nitrogens is 1. The highest BCUT2D eigenvalue weighted by Crippen LogP contribution is 2.38. The third-order valence-corrected chi connectivity index (χ3v) is 6.76. The molecule has 0 bridgehead atoms. The van der Waals surface area contributed by atoms with Crippen molar-refractivity contribution >= 4 is 17.5 Å². The van der Waals surface area contributed by atoms with Crippen LogP contribution in [0.5, 0.6) is 5.75 Å². The van der Waals surface area contributed by atoms with Crippen LogP contribution in [0.1, 0.15) is 58.5 Å². The molecule has 0 radical (unpaired) electrons. The molecular formula is C31H30FN3O4. The Labute approximate surface area is 226 Å². The summed E-state index contributed by atoms with van der Waals surface area (Å²) in [7, 11) is 0. The second-order valence-corrected chi connectivity index (χ2v) is 9.99. The third-order valence-electron chi connectivity index (χ3n) is 6.76. The van der Waals surface area contributed by atoms with Crippen molar-refractivity contribution in [1.29, 1.82) is 0 Å². The predicted molar refractivity (Wildman–Crippen MR) is 145 cm³/mol. The average Bonchev–Trinajstić information content (AvgIpc) is 3.42. The molecule has 0 fully saturated rings. The van der Waals surface area contributed by atoms with Gasteiger partial charge in [-0.25, -0.2) is 9.37 Å². The maximum Gasteiger partial charge on any atom is 0.277 e. The normalized spacial score (nSPS) is 14.7. The minimum atomic E-state index is -0.375. The quantitative estimate of drug-likeness (QED) is 0.315. The number of hydrogen-bond donors (Lipinski definition) is 1. The van der Waals surface area contributed by atoms with E-state index in [0.29, 0.717) is 24.4 Å². The van der Waals surface area contributed by atoms with Crippen molar-refractivity contribution in [2.45, 2.75) is 39.8 Å². The van der Waals surface area contributed by atoms with E-state index >= 15 is 0 Å². The van der Waals surface area contributed by atoms with Gasteiger partial charge in [-0.05, 0) is 66.4 Å². The van der Waals surface area contributed by atoms with E-state index in [-0.39, 0.29) is 47.8 Å². The molecule has 2 heterocycles. The highest BCUT2D eigenvalue weighted by molar-refractivity contribution is 6.02. The summed E-state index contributed by atoms with van der Waals surface area (Å²) in [6.07, 6.45) is 2.01. The molecular weight excluding hydrogens is 497 g/mol. The van der Waals surface area contributed by atoms with Gasteiger partial charge in [-0.1, -0.05) is 49.7 Å². The Balaban J connectivity index is 1.33. The lowest BCUT2D eigenvalue weighted by Crippen LogP contribution is -2.42. The van der Waals surface area contributed by atoms with E-state index in [1.54, 1.807) is 12.1 Å². The van der Waals surface area contributed by atoms with Crippen molar-refractivity contribution in [2.75, 3.05) is 11.9 Å². The summed E-state index contributed by atoms with van der Waals surface area (Å²) in [6, 6.07) is 19.2. The molecule has 0 spiro atoms. The fraction of sp³-hybridized carbons (Fsp3) is 0.258. The number of carbonyl (C=O) groups is 2. The summed E-state index contributed by atoms with van der Waals surface area (Å²) in [4.78, 5) is 31.8. The second kappa shape index (κ2) is 11.1. The maximum atomic E-state index is 13.7. The summed E-state index contributed by atoms with van der Waals surface area (Å²) in [6.45, 7) is 6.33. The Morgan fingerprint density at radius 2 is 1.85 bits per heavy atom. The number of aryl methyl sites for hydroxylation is 1. The predicted octanol–water partition coefficient (Wildman–Crippen LogP) is 6.08. The van der Waals surface area contributed by atoms with Gasteiger partial charge in [-0.3, -0.25) is 9.59 Å². The molecule has 1 atom stereocenters. The molecule has 200 valence electrons. The average molecular weight is 528 g/mol. The van der Waals surface area contributed by atoms with Crippen LogP contribution in [0.3, 0.4) is 0 Å². The molecule has 0 saturated carbocycles. The zero-order valence-corrected chi connectivity index (χ0v) is 22.1. The molecule has 1 aromatic heterocycles. The number of hydrogen-bond acceptors (Lipinski definition) is 5. The Bertz CT molecular complexity index is 1480. The first-order valence-electron chi connectivity index (χ1n) is 12.9. The SMILES string of the molecule is Cc1ccc(NC(=O)c2coc(COc3ccc4c(c3)[C@H](c3ccc(F)cc3)N(C(=O)C(C)C)CC4)n2)cc1. The van der Waals surface area contributed by atoms with E-state index in [1.807, 2.05) is 68.1 Å². The number of ether oxygens (including phenoxy) is 1. The number of amides is 2. The lowest BCUT2D eigenvalue weighted by atomic mass is 9.87. The van der Waals surface area contributed by atoms with Gasteiger partial charge in [0.2, 0.25) is 11.8 Å². The number of oxazole rings is 1. The zero-order valence-electron chi connectivity index (χ0n) is 22.1. The molecule has 5 rings (SSSR count). The summed E-state index contributed by atoms with van der Waals surface area (Å²) >= 11 is 0. The topological polar surface area (TPSA) is 84.7 Å². The van der Waals surface area contributed by atoms with E-state index in [0.717, 1.165) is 22.3 Å². The summed E-state index contributed by atoms with van der Waals surface area (Å²) in [5, 5.41) is 2.79. The molecule has 0 saturated heterocycles. The van der Waals surface area contributed by atoms with Gasteiger partial charge < -0.3 is 19.4 Å². The second-order valence-electron chi connectivity index (χ2n) is 9.99. The van der Waals surface area contributed by atoms with Crippen LogP contribution in [-0.2, 0) is 17.8 Å². The number of nitrogens with zero attached hydrogens (tertiary/aromatic N) is 2. The number of benzene rings is 3. The Morgan fingerprint density at radius 1 is 1.10 bits per heavy atom. The summed E-state index contributed by atoms with van der Waals surface area (Å²) in [5.74, 6) is -0.00271. The van der Waals surface area contributed by atoms with Crippen LogP contribution in [0, 0.1) is 18.7 Å². The van der Waals surface area contributed by atoms with Gasteiger partial charge in [-0.15, -0.1) is 0 Å². The van der Waals surface area contributed by atoms with E-state index in [4.69, 9.17) is 9.15 Å². The smallest absolute Gasteiger partial charge is 0.277 e. The van der Waals surface area contributed by atoms with Gasteiger partial charge in [-0.2, -0.15) is 0 Å². The molecule has 39 heavy (non-hydrogen) atoms. The lowest BCUT2D eigenvalue weighted by molar-refractivity contribution is -0.136. The molecule has 1 N–H and O–H groups in total. The van der Waals surface area contributed by atoms with Crippen LogP contribution >= 0.6 is 0 Å². The van der Waals surface area contributed by atoms with Gasteiger partial charge in [0.25, 0.3) is 5.91 Å². The maximum absolute atomic E-state index is 13.7. The first-order valence-corrected chi connectivity index (χ1v) is 12.9. The van der Waals surface area contributed by atoms with Crippen molar-refractivity contribution in [2.24, 2.45) is 5.92 Å². The Morgan fingerprint density at radius 3 is 2.56 bits per heavy atom. The molecule has 1 aliphatic rings. The number of halogens is 1. The number of carbonyl (C=O) groups excluding carboxylic acids is 2. The van der Waals surface area contributed by atoms with Gasteiger partial charge in [0.05, 0.1) is 6.04 Å². The number of nitrogens with one attached hydrogen (secondary N) is 1. The van der Waals surface area contributed by atoms with Crippen molar-refractivity contribution in [3.05, 3.63) is 113 Å². The first kappa shape index (κ1) is 26.2. The molecule has 8 heteroatoms. The van der Waals surface area contributed by atoms with Crippen molar-refractivity contribution in [3.63, 3.8) is 0 Å². The summed E-state index contributed by atoms with van der Waals surface area (Å²) < 4.78 is 25.1. The van der Waals surface area contributed by atoms with Crippen LogP contribution in [0.25, 0.3) is 0 Å². The lowest BCUT2D eigenvalue weighted by Gasteiger charge is -2.39. The fourth-order valence-corrected chi connectivity index (χ4v) is 4.72. The molecule has 3 aromatic carbocycles. The molecule has 4 aromatic rings. The molecule has 1 aliphatic heterocycles. The van der Waals surface area contributed by atoms with Crippen LogP contribution in [0.15, 0.2) is 77.4 Å². The van der Waals surface area contributed by atoms with Gasteiger partial charge >= 0.3 is 0 Å². The highest BCUT2D eigenvalue weighted by Gasteiger charge is 2.33. The number of anilines is 1. The van der Waals surface area contributed by atoms with Crippen LogP contribution in [0.4, 0.5) is 10.1 Å². The molecule has 0 aliphatic carbocycles. The van der Waals surface area contributed by atoms with E-state index in [2.05, 4.69) is 10.3 Å². The minimum absolute atomic E-state index is 0.0203. The highest BCUT2D eigenvalue weighted by atomic mass is 19.1. The van der Waals surface area contributed by atoms with Gasteiger partial charge in [0.1, 0.15) is 17.8 Å². The van der Waals surface area contributed by atoms with Gasteiger partial charge in [0.15, 0.2) is 12.3 Å². The van der Waals surface area contributed by atoms with E-state index in [9.17, 15) is 14.0 Å². The van der Waals surface area contributed by atoms with E-state index in [1.165, 1.54) is 18.4 Å². The molecule has 0 unspecified atom stereocenters. The zero-order chi connectivity index (χ0) is 27.5. The number of rotatable bonds is 7. The van der Waals surface area contributed by atoms with Crippen molar-refractivity contribution < 1.29 is 23.1 Å². The van der Waals surface area contributed by atoms with Crippen molar-refractivity contribution in [1.82, 2.24) is 9.88 Å². The Hall–Kier alpha value is -4.46. The number of fused-ring (bicyclic) bond motifs is 1. The standard InChI is InChI=1S/C31H30FN3O4/c1-19(2)31(37)35-15-14-21-8-13-25(16-26(21)29(35)22-6-9-23(32)10-7-22)38-18-28-34-27(17-39-28)30(36)33-24-11-4-20(3)5-12-24/h4-13,16-17,19,29H,14-15,18H2,1-3H3,(H,33,36)/t29-/m0/s1. The third kappa shape index (κ3) is 5.85. The molecule has 7 nitrogen and oxygen atoms in total. The minimum Gasteiger partial charge on any atom is -0.484 e. The monoisotopic (exact) mass is 527 g/mol.